The van der Waals surface area contributed by atoms with Crippen LogP contribution in [0.15, 0.2) is 94.8 Å². The molecule has 0 bridgehead atoms. The monoisotopic (exact) mass is 819 g/mol. The summed E-state index contributed by atoms with van der Waals surface area (Å²) in [6.07, 6.45) is 4.02. The molecule has 0 radical (unpaired) electrons. The van der Waals surface area contributed by atoms with Crippen molar-refractivity contribution in [3.63, 3.8) is 0 Å². The fraction of sp³-hybridized carbons (Fsp3) is 0.310. The molecule has 5 N–H and O–H groups in total. The van der Waals surface area contributed by atoms with Crippen molar-refractivity contribution in [3.8, 4) is 11.3 Å². The van der Waals surface area contributed by atoms with Gasteiger partial charge in [-0.05, 0) is 85.5 Å². The van der Waals surface area contributed by atoms with Crippen LogP contribution in [0.4, 0.5) is 17.1 Å². The number of pyridine rings is 1. The number of benzene rings is 3. The third-order valence-electron chi connectivity index (χ3n) is 10.6. The molecule has 0 spiro atoms. The van der Waals surface area contributed by atoms with Gasteiger partial charge < -0.3 is 25.4 Å². The summed E-state index contributed by atoms with van der Waals surface area (Å²) in [4.78, 5) is 76.2. The molecular formula is C42H45N9O7S. The fourth-order valence-corrected chi connectivity index (χ4v) is 8.08. The lowest BCUT2D eigenvalue weighted by molar-refractivity contribution is -0.136. The summed E-state index contributed by atoms with van der Waals surface area (Å²) in [5.41, 5.74) is 4.66. The fourth-order valence-electron chi connectivity index (χ4n) is 7.45. The topological polar surface area (TPSA) is 217 Å². The Morgan fingerprint density at radius 3 is 2.31 bits per heavy atom. The second kappa shape index (κ2) is 17.5. The quantitative estimate of drug-likeness (QED) is 0.0604. The lowest BCUT2D eigenvalue weighted by atomic mass is 10.0. The average Bonchev–Trinajstić information content (AvgIpc) is 3.48. The Labute approximate surface area is 341 Å². The first-order chi connectivity index (χ1) is 28.4. The summed E-state index contributed by atoms with van der Waals surface area (Å²) in [5, 5.41) is 16.9. The van der Waals surface area contributed by atoms with E-state index in [1.807, 2.05) is 41.3 Å². The molecule has 4 heterocycles. The smallest absolute Gasteiger partial charge is 0.264 e. The van der Waals surface area contributed by atoms with Gasteiger partial charge in [-0.1, -0.05) is 30.7 Å². The van der Waals surface area contributed by atoms with E-state index in [1.54, 1.807) is 48.5 Å². The van der Waals surface area contributed by atoms with Crippen molar-refractivity contribution in [2.24, 2.45) is 4.99 Å². The molecule has 306 valence electrons. The number of piperazine rings is 1. The van der Waals surface area contributed by atoms with Crippen LogP contribution < -0.4 is 26.3 Å². The number of amides is 5. The minimum absolute atomic E-state index is 0.0595. The molecule has 4 aromatic rings. The Kier molecular flexibility index (Phi) is 12.0. The molecule has 3 aromatic carbocycles. The molecule has 3 aliphatic rings. The van der Waals surface area contributed by atoms with Crippen LogP contribution in [0.2, 0.25) is 0 Å². The van der Waals surface area contributed by atoms with E-state index < -0.39 is 39.5 Å². The second-order valence-electron chi connectivity index (χ2n) is 14.7. The van der Waals surface area contributed by atoms with Crippen LogP contribution in [0, 0.1) is 5.41 Å². The van der Waals surface area contributed by atoms with Gasteiger partial charge in [-0.3, -0.25) is 39.6 Å². The van der Waals surface area contributed by atoms with Crippen molar-refractivity contribution in [3.05, 3.63) is 102 Å². The van der Waals surface area contributed by atoms with Crippen molar-refractivity contribution in [2.75, 3.05) is 54.5 Å². The summed E-state index contributed by atoms with van der Waals surface area (Å²) in [5.74, 6) is -2.10. The Balaban J connectivity index is 0.820. The number of fused-ring (bicyclic) bond motifs is 1. The van der Waals surface area contributed by atoms with Crippen LogP contribution >= 0.6 is 0 Å². The maximum Gasteiger partial charge on any atom is 0.264 e. The van der Waals surface area contributed by atoms with E-state index >= 15 is 0 Å². The number of rotatable bonds is 12. The van der Waals surface area contributed by atoms with Gasteiger partial charge in [0.05, 0.1) is 16.0 Å². The van der Waals surface area contributed by atoms with Crippen LogP contribution in [0.1, 0.15) is 59.2 Å². The van der Waals surface area contributed by atoms with Gasteiger partial charge in [-0.2, -0.15) is 4.99 Å². The first kappa shape index (κ1) is 40.6. The van der Waals surface area contributed by atoms with E-state index in [9.17, 15) is 32.4 Å². The molecule has 1 unspecified atom stereocenters. The number of carbonyl (C=O) groups excluding carboxylic acids is 5. The van der Waals surface area contributed by atoms with Gasteiger partial charge in [0, 0.05) is 74.6 Å². The van der Waals surface area contributed by atoms with Gasteiger partial charge >= 0.3 is 0 Å². The molecule has 5 amide bonds. The maximum absolute atomic E-state index is 13.3. The summed E-state index contributed by atoms with van der Waals surface area (Å²) in [6, 6.07) is 23.6. The van der Waals surface area contributed by atoms with Crippen molar-refractivity contribution >= 4 is 62.4 Å². The zero-order chi connectivity index (χ0) is 41.7. The van der Waals surface area contributed by atoms with Crippen molar-refractivity contribution in [1.82, 2.24) is 20.1 Å². The number of imide groups is 2. The van der Waals surface area contributed by atoms with Crippen LogP contribution in [0.5, 0.6) is 0 Å². The number of nitrogens with zero attached hydrogens (tertiary/aromatic N) is 4. The highest BCUT2D eigenvalue weighted by Crippen LogP contribution is 2.32. The maximum atomic E-state index is 13.3. The number of guanidine groups is 1. The molecule has 17 heteroatoms. The number of piperidine rings is 1. The Morgan fingerprint density at radius 1 is 0.864 bits per heavy atom. The number of carbonyl (C=O) groups is 5. The molecule has 59 heavy (non-hydrogen) atoms. The number of aromatic nitrogens is 1. The molecule has 2 fully saturated rings. The van der Waals surface area contributed by atoms with E-state index in [2.05, 4.69) is 30.8 Å². The van der Waals surface area contributed by atoms with Gasteiger partial charge in [0.15, 0.2) is 9.84 Å². The zero-order valence-electron chi connectivity index (χ0n) is 32.5. The van der Waals surface area contributed by atoms with Crippen LogP contribution in [0.3, 0.4) is 0 Å². The second-order valence-corrected chi connectivity index (χ2v) is 16.7. The summed E-state index contributed by atoms with van der Waals surface area (Å²) < 4.78 is 23.6. The predicted octanol–water partition coefficient (Wildman–Crippen LogP) is 3.76. The normalized spacial score (nSPS) is 17.2. The third kappa shape index (κ3) is 9.41. The highest BCUT2D eigenvalue weighted by atomic mass is 32.2. The highest BCUT2D eigenvalue weighted by molar-refractivity contribution is 7.90. The lowest BCUT2D eigenvalue weighted by Crippen LogP contribution is -2.54. The molecule has 0 aliphatic carbocycles. The van der Waals surface area contributed by atoms with Gasteiger partial charge in [-0.25, -0.2) is 8.42 Å². The van der Waals surface area contributed by atoms with Crippen LogP contribution in [-0.2, 0) is 24.2 Å². The summed E-state index contributed by atoms with van der Waals surface area (Å²) in [6.45, 7) is 3.15. The van der Waals surface area contributed by atoms with Gasteiger partial charge in [0.2, 0.25) is 23.7 Å². The predicted molar refractivity (Wildman–Crippen MR) is 222 cm³/mol. The van der Waals surface area contributed by atoms with Gasteiger partial charge in [-0.15, -0.1) is 0 Å². The number of aromatic amines is 1. The van der Waals surface area contributed by atoms with E-state index in [-0.39, 0.29) is 40.7 Å². The molecule has 0 saturated carbocycles. The molecule has 1 aromatic heterocycles. The van der Waals surface area contributed by atoms with E-state index in [0.29, 0.717) is 62.4 Å². The molecule has 2 saturated heterocycles. The van der Waals surface area contributed by atoms with Crippen LogP contribution in [-0.4, -0.2) is 104 Å². The summed E-state index contributed by atoms with van der Waals surface area (Å²) in [7, 11) is -3.30. The highest BCUT2D eigenvalue weighted by Gasteiger charge is 2.45. The molecule has 3 aliphatic heterocycles. The molecule has 7 rings (SSSR count). The van der Waals surface area contributed by atoms with Crippen LogP contribution in [0.25, 0.3) is 11.3 Å². The number of hydrogen-bond donors (Lipinski definition) is 5. The van der Waals surface area contributed by atoms with Crippen molar-refractivity contribution < 1.29 is 32.4 Å². The van der Waals surface area contributed by atoms with Gasteiger partial charge in [0.25, 0.3) is 11.8 Å². The number of H-pyrrole nitrogens is 1. The van der Waals surface area contributed by atoms with Crippen molar-refractivity contribution in [1.29, 1.82) is 5.41 Å². The largest absolute Gasteiger partial charge is 0.384 e. The number of nitrogens with one attached hydrogen (secondary N) is 5. The first-order valence-electron chi connectivity index (χ1n) is 19.5. The Hall–Kier alpha value is -6.62. The van der Waals surface area contributed by atoms with Gasteiger partial charge in [0.1, 0.15) is 11.5 Å². The minimum atomic E-state index is -3.30. The first-order valence-corrected chi connectivity index (χ1v) is 21.4. The summed E-state index contributed by atoms with van der Waals surface area (Å²) >= 11 is 0. The lowest BCUT2D eigenvalue weighted by Gasteiger charge is -2.36. The minimum Gasteiger partial charge on any atom is -0.384 e. The number of hydrogen-bond acceptors (Lipinski definition) is 10. The van der Waals surface area contributed by atoms with E-state index in [1.165, 1.54) is 6.26 Å². The van der Waals surface area contributed by atoms with Crippen molar-refractivity contribution in [2.45, 2.75) is 49.5 Å². The molecular weight excluding hydrogens is 775 g/mol. The van der Waals surface area contributed by atoms with E-state index in [4.69, 9.17) is 5.41 Å². The Morgan fingerprint density at radius 2 is 1.59 bits per heavy atom. The SMILES string of the molecule is CS(=O)(=O)c1ccc(-c2ccc/c(=N/C(=N)Nc3ccc(N4CCN(C(=O)CCCCCNc5cccc6c5C(=O)N(C5CCC(=O)NC5=O)C6=O)CC4)cc3)[nH]2)cc1. The molecule has 1 atom stereocenters. The third-order valence-corrected chi connectivity index (χ3v) is 11.7. The molecule has 16 nitrogen and oxygen atoms in total. The average molecular weight is 820 g/mol. The number of unbranched alkanes of at least 4 members (excludes halogenated alkanes) is 2. The zero-order valence-corrected chi connectivity index (χ0v) is 33.3. The standard InChI is InChI=1S/C42H45N9O7S/c1-59(57,58)30-18-12-27(13-19-30)32-8-6-10-35(46-32)47-42(43)45-28-14-16-29(17-15-28)49-23-25-50(26-24-49)37(53)11-3-2-4-22-44-33-9-5-7-31-38(33)41(56)51(40(31)55)34-20-21-36(52)48-39(34)54/h5-10,12-19,34,44H,2-4,11,20-26H2,1H3,(H,48,52,54)(H3,43,45,46,47). The van der Waals surface area contributed by atoms with E-state index in [0.717, 1.165) is 34.7 Å². The number of sulfone groups is 1. The Bertz CT molecular complexity index is 2480. The number of anilines is 3.